The maximum Gasteiger partial charge on any atom is 0.255 e. The van der Waals surface area contributed by atoms with E-state index in [1.807, 2.05) is 30.3 Å². The standard InChI is InChI=1S/C22H23N3O/c1-2-16-8-10-17(11-9-16)14-25-13-12-20-19(15-25)22(26)24-21(23-20)18-6-4-3-5-7-18/h3-11H,2,12-15H2,1H3,(H,23,24,26). The SMILES string of the molecule is CCc1ccc(CN2CCc3nc(-c4ccccc4)[nH]c(=O)c3C2)cc1. The molecular formula is C22H23N3O. The molecule has 0 fully saturated rings. The normalized spacial score (nSPS) is 14.2. The average molecular weight is 345 g/mol. The van der Waals surface area contributed by atoms with Crippen molar-refractivity contribution in [2.45, 2.75) is 32.9 Å². The third kappa shape index (κ3) is 3.46. The molecule has 2 heterocycles. The van der Waals surface area contributed by atoms with Crippen molar-refractivity contribution >= 4 is 0 Å². The summed E-state index contributed by atoms with van der Waals surface area (Å²) in [6.45, 7) is 4.61. The molecule has 0 saturated carbocycles. The van der Waals surface area contributed by atoms with Gasteiger partial charge in [0.05, 0.1) is 11.3 Å². The minimum Gasteiger partial charge on any atom is -0.306 e. The number of H-pyrrole nitrogens is 1. The fourth-order valence-electron chi connectivity index (χ4n) is 3.49. The van der Waals surface area contributed by atoms with E-state index in [-0.39, 0.29) is 5.56 Å². The zero-order valence-electron chi connectivity index (χ0n) is 15.0. The maximum atomic E-state index is 12.6. The van der Waals surface area contributed by atoms with E-state index in [9.17, 15) is 4.79 Å². The molecule has 4 nitrogen and oxygen atoms in total. The molecular weight excluding hydrogens is 322 g/mol. The molecule has 0 bridgehead atoms. The Kier molecular flexibility index (Phi) is 4.67. The van der Waals surface area contributed by atoms with Crippen LogP contribution in [0, 0.1) is 0 Å². The van der Waals surface area contributed by atoms with Gasteiger partial charge in [-0.2, -0.15) is 0 Å². The summed E-state index contributed by atoms with van der Waals surface area (Å²) in [7, 11) is 0. The molecule has 26 heavy (non-hydrogen) atoms. The second-order valence-corrected chi connectivity index (χ2v) is 6.84. The number of aromatic nitrogens is 2. The second kappa shape index (κ2) is 7.26. The first-order chi connectivity index (χ1) is 12.7. The van der Waals surface area contributed by atoms with Crippen molar-refractivity contribution < 1.29 is 0 Å². The molecule has 0 atom stereocenters. The smallest absolute Gasteiger partial charge is 0.255 e. The fourth-order valence-corrected chi connectivity index (χ4v) is 3.49. The molecule has 4 rings (SSSR count). The van der Waals surface area contributed by atoms with Crippen molar-refractivity contribution in [2.24, 2.45) is 0 Å². The molecule has 0 unspecified atom stereocenters. The van der Waals surface area contributed by atoms with Gasteiger partial charge in [0.15, 0.2) is 0 Å². The summed E-state index contributed by atoms with van der Waals surface area (Å²) in [4.78, 5) is 22.6. The van der Waals surface area contributed by atoms with Crippen LogP contribution in [0.25, 0.3) is 11.4 Å². The Hall–Kier alpha value is -2.72. The van der Waals surface area contributed by atoms with Crippen LogP contribution in [0.2, 0.25) is 0 Å². The van der Waals surface area contributed by atoms with Crippen LogP contribution < -0.4 is 5.56 Å². The maximum absolute atomic E-state index is 12.6. The van der Waals surface area contributed by atoms with Crippen LogP contribution in [0.3, 0.4) is 0 Å². The summed E-state index contributed by atoms with van der Waals surface area (Å²) in [6.07, 6.45) is 1.87. The van der Waals surface area contributed by atoms with Gasteiger partial charge in [0.1, 0.15) is 5.82 Å². The highest BCUT2D eigenvalue weighted by molar-refractivity contribution is 5.54. The highest BCUT2D eigenvalue weighted by Gasteiger charge is 2.21. The summed E-state index contributed by atoms with van der Waals surface area (Å²) < 4.78 is 0. The third-order valence-corrected chi connectivity index (χ3v) is 5.03. The summed E-state index contributed by atoms with van der Waals surface area (Å²) in [5, 5.41) is 0. The van der Waals surface area contributed by atoms with E-state index in [1.165, 1.54) is 11.1 Å². The lowest BCUT2D eigenvalue weighted by Crippen LogP contribution is -2.35. The number of benzene rings is 2. The molecule has 0 aliphatic carbocycles. The number of nitrogens with one attached hydrogen (secondary N) is 1. The lowest BCUT2D eigenvalue weighted by atomic mass is 10.0. The number of aryl methyl sites for hydroxylation is 1. The minimum atomic E-state index is -0.0140. The van der Waals surface area contributed by atoms with Crippen molar-refractivity contribution in [1.82, 2.24) is 14.9 Å². The number of hydrogen-bond acceptors (Lipinski definition) is 3. The number of aromatic amines is 1. The van der Waals surface area contributed by atoms with Gasteiger partial charge in [0.2, 0.25) is 0 Å². The zero-order valence-corrected chi connectivity index (χ0v) is 15.0. The largest absolute Gasteiger partial charge is 0.306 e. The molecule has 3 aromatic rings. The molecule has 1 aromatic heterocycles. The summed E-state index contributed by atoms with van der Waals surface area (Å²) in [5.41, 5.74) is 5.32. The van der Waals surface area contributed by atoms with Gasteiger partial charge in [-0.15, -0.1) is 0 Å². The van der Waals surface area contributed by atoms with Crippen molar-refractivity contribution in [3.05, 3.63) is 87.3 Å². The zero-order chi connectivity index (χ0) is 17.9. The number of fused-ring (bicyclic) bond motifs is 1. The molecule has 1 aliphatic heterocycles. The molecule has 0 radical (unpaired) electrons. The average Bonchev–Trinajstić information content (AvgIpc) is 2.69. The van der Waals surface area contributed by atoms with E-state index in [0.717, 1.165) is 42.8 Å². The van der Waals surface area contributed by atoms with Gasteiger partial charge in [-0.3, -0.25) is 9.69 Å². The first kappa shape index (κ1) is 16.7. The van der Waals surface area contributed by atoms with E-state index in [4.69, 9.17) is 4.98 Å². The topological polar surface area (TPSA) is 49.0 Å². The number of rotatable bonds is 4. The van der Waals surface area contributed by atoms with Gasteiger partial charge in [-0.1, -0.05) is 61.5 Å². The Bertz CT molecular complexity index is 945. The molecule has 4 heteroatoms. The van der Waals surface area contributed by atoms with E-state index in [2.05, 4.69) is 41.1 Å². The van der Waals surface area contributed by atoms with Crippen LogP contribution in [-0.4, -0.2) is 21.4 Å². The van der Waals surface area contributed by atoms with Crippen molar-refractivity contribution in [3.63, 3.8) is 0 Å². The quantitative estimate of drug-likeness (QED) is 0.786. The lowest BCUT2D eigenvalue weighted by molar-refractivity contribution is 0.242. The fraction of sp³-hybridized carbons (Fsp3) is 0.273. The van der Waals surface area contributed by atoms with Gasteiger partial charge in [-0.05, 0) is 17.5 Å². The molecule has 0 saturated heterocycles. The monoisotopic (exact) mass is 345 g/mol. The van der Waals surface area contributed by atoms with Gasteiger partial charge >= 0.3 is 0 Å². The van der Waals surface area contributed by atoms with Crippen LogP contribution in [0.5, 0.6) is 0 Å². The van der Waals surface area contributed by atoms with E-state index in [0.29, 0.717) is 12.4 Å². The molecule has 0 amide bonds. The van der Waals surface area contributed by atoms with Crippen LogP contribution in [0.1, 0.15) is 29.3 Å². The Morgan fingerprint density at radius 1 is 1.04 bits per heavy atom. The van der Waals surface area contributed by atoms with Crippen LogP contribution in [-0.2, 0) is 25.9 Å². The Morgan fingerprint density at radius 3 is 2.50 bits per heavy atom. The van der Waals surface area contributed by atoms with Gasteiger partial charge < -0.3 is 4.98 Å². The first-order valence-corrected chi connectivity index (χ1v) is 9.20. The van der Waals surface area contributed by atoms with Crippen molar-refractivity contribution in [1.29, 1.82) is 0 Å². The summed E-state index contributed by atoms with van der Waals surface area (Å²) in [5.74, 6) is 0.665. The predicted molar refractivity (Wildman–Crippen MR) is 104 cm³/mol. The van der Waals surface area contributed by atoms with E-state index >= 15 is 0 Å². The Labute approximate surface area is 153 Å². The highest BCUT2D eigenvalue weighted by Crippen LogP contribution is 2.20. The minimum absolute atomic E-state index is 0.0140. The Balaban J connectivity index is 1.54. The predicted octanol–water partition coefficient (Wildman–Crippen LogP) is 3.56. The second-order valence-electron chi connectivity index (χ2n) is 6.84. The molecule has 1 N–H and O–H groups in total. The van der Waals surface area contributed by atoms with Crippen LogP contribution in [0.15, 0.2) is 59.4 Å². The summed E-state index contributed by atoms with van der Waals surface area (Å²) >= 11 is 0. The summed E-state index contributed by atoms with van der Waals surface area (Å²) in [6, 6.07) is 18.6. The van der Waals surface area contributed by atoms with E-state index < -0.39 is 0 Å². The molecule has 1 aliphatic rings. The number of hydrogen-bond donors (Lipinski definition) is 1. The Morgan fingerprint density at radius 2 is 1.77 bits per heavy atom. The van der Waals surface area contributed by atoms with Crippen LogP contribution >= 0.6 is 0 Å². The molecule has 2 aromatic carbocycles. The molecule has 132 valence electrons. The third-order valence-electron chi connectivity index (χ3n) is 5.03. The molecule has 0 spiro atoms. The van der Waals surface area contributed by atoms with Gasteiger partial charge in [0.25, 0.3) is 5.56 Å². The number of nitrogens with zero attached hydrogens (tertiary/aromatic N) is 2. The van der Waals surface area contributed by atoms with Gasteiger partial charge in [0, 0.05) is 31.6 Å². The highest BCUT2D eigenvalue weighted by atomic mass is 16.1. The first-order valence-electron chi connectivity index (χ1n) is 9.20. The van der Waals surface area contributed by atoms with Crippen molar-refractivity contribution in [2.75, 3.05) is 6.54 Å². The van der Waals surface area contributed by atoms with Crippen molar-refractivity contribution in [3.8, 4) is 11.4 Å². The van der Waals surface area contributed by atoms with Crippen LogP contribution in [0.4, 0.5) is 0 Å². The van der Waals surface area contributed by atoms with Gasteiger partial charge in [-0.25, -0.2) is 4.98 Å². The lowest BCUT2D eigenvalue weighted by Gasteiger charge is -2.27. The van der Waals surface area contributed by atoms with E-state index in [1.54, 1.807) is 0 Å².